The van der Waals surface area contributed by atoms with Gasteiger partial charge in [-0.3, -0.25) is 0 Å². The Labute approximate surface area is 96.1 Å². The van der Waals surface area contributed by atoms with Gasteiger partial charge in [0.15, 0.2) is 0 Å². The fraction of sp³-hybridized carbons (Fsp3) is 0.0909. The second-order valence-corrected chi connectivity index (χ2v) is 2.88. The quantitative estimate of drug-likeness (QED) is 0.480. The van der Waals surface area contributed by atoms with Crippen LogP contribution in [-0.4, -0.2) is 23.8 Å². The maximum Gasteiger partial charge on any atom is 0.338 e. The Morgan fingerprint density at radius 3 is 2.71 bits per heavy atom. The molecule has 0 aromatic heterocycles. The monoisotopic (exact) mass is 240 g/mol. The Morgan fingerprint density at radius 2 is 2.18 bits per heavy atom. The Kier molecular flexibility index (Phi) is 4.21. The van der Waals surface area contributed by atoms with Gasteiger partial charge in [0.25, 0.3) is 0 Å². The number of carboxylic acids is 1. The summed E-state index contributed by atoms with van der Waals surface area (Å²) in [5.74, 6) is -2.91. The molecule has 0 fully saturated rings. The van der Waals surface area contributed by atoms with Crippen molar-refractivity contribution in [1.82, 2.24) is 0 Å². The predicted molar refractivity (Wildman–Crippen MR) is 55.1 cm³/mol. The average Bonchev–Trinajstić information content (AvgIpc) is 2.28. The molecule has 0 saturated carbocycles. The van der Waals surface area contributed by atoms with Gasteiger partial charge in [0, 0.05) is 12.1 Å². The highest BCUT2D eigenvalue weighted by molar-refractivity contribution is 5.88. The predicted octanol–water partition coefficient (Wildman–Crippen LogP) is 1.59. The van der Waals surface area contributed by atoms with Crippen molar-refractivity contribution in [3.8, 4) is 5.75 Å². The fourth-order valence-electron chi connectivity index (χ4n) is 0.974. The molecule has 17 heavy (non-hydrogen) atoms. The van der Waals surface area contributed by atoms with Crippen LogP contribution in [0.25, 0.3) is 0 Å². The maximum absolute atomic E-state index is 13.2. The van der Waals surface area contributed by atoms with Crippen LogP contribution in [-0.2, 0) is 9.53 Å². The molecule has 0 radical (unpaired) electrons. The van der Waals surface area contributed by atoms with Crippen molar-refractivity contribution in [3.63, 3.8) is 0 Å². The van der Waals surface area contributed by atoms with Crippen LogP contribution in [0.5, 0.6) is 5.75 Å². The number of ether oxygens (including phenoxy) is 2. The first-order chi connectivity index (χ1) is 8.04. The van der Waals surface area contributed by atoms with Gasteiger partial charge in [-0.1, -0.05) is 6.58 Å². The highest BCUT2D eigenvalue weighted by atomic mass is 19.1. The summed E-state index contributed by atoms with van der Waals surface area (Å²) in [7, 11) is 0. The molecule has 0 aliphatic carbocycles. The summed E-state index contributed by atoms with van der Waals surface area (Å²) in [5, 5.41) is 8.58. The first-order valence-corrected chi connectivity index (χ1v) is 4.49. The van der Waals surface area contributed by atoms with Gasteiger partial charge in [-0.2, -0.15) is 0 Å². The molecule has 0 bridgehead atoms. The molecule has 0 atom stereocenters. The minimum absolute atomic E-state index is 0.0596. The molecule has 0 aliphatic rings. The van der Waals surface area contributed by atoms with E-state index in [-0.39, 0.29) is 5.75 Å². The molecule has 1 rings (SSSR count). The molecule has 6 heteroatoms. The van der Waals surface area contributed by atoms with E-state index >= 15 is 0 Å². The Balaban J connectivity index is 2.62. The van der Waals surface area contributed by atoms with Crippen LogP contribution < -0.4 is 4.74 Å². The van der Waals surface area contributed by atoms with Gasteiger partial charge in [0.05, 0.1) is 5.56 Å². The molecular weight excluding hydrogens is 231 g/mol. The Morgan fingerprint density at radius 1 is 1.47 bits per heavy atom. The summed E-state index contributed by atoms with van der Waals surface area (Å²) in [6.45, 7) is 2.77. The van der Waals surface area contributed by atoms with Crippen molar-refractivity contribution in [1.29, 1.82) is 0 Å². The molecule has 0 unspecified atom stereocenters. The van der Waals surface area contributed by atoms with Gasteiger partial charge >= 0.3 is 11.9 Å². The average molecular weight is 240 g/mol. The van der Waals surface area contributed by atoms with Crippen LogP contribution >= 0.6 is 0 Å². The summed E-state index contributed by atoms with van der Waals surface area (Å²) < 4.78 is 22.5. The summed E-state index contributed by atoms with van der Waals surface area (Å²) in [6, 6.07) is 3.21. The molecule has 0 amide bonds. The topological polar surface area (TPSA) is 72.8 Å². The Hall–Kier alpha value is -2.37. The van der Waals surface area contributed by atoms with Crippen molar-refractivity contribution in [2.45, 2.75) is 0 Å². The van der Waals surface area contributed by atoms with E-state index in [9.17, 15) is 14.0 Å². The van der Waals surface area contributed by atoms with E-state index < -0.39 is 30.1 Å². The molecule has 0 aliphatic heterocycles. The second kappa shape index (κ2) is 5.64. The Bertz CT molecular complexity index is 455. The number of carbonyl (C=O) groups excluding carboxylic acids is 1. The first-order valence-electron chi connectivity index (χ1n) is 4.49. The standard InChI is InChI=1S/C11H9FO5/c1-2-10(13)17-6-16-7-3-4-8(11(14)15)9(12)5-7/h2-5H,1,6H2,(H,14,15). The van der Waals surface area contributed by atoms with Crippen LogP contribution in [0.1, 0.15) is 10.4 Å². The van der Waals surface area contributed by atoms with Gasteiger partial charge in [-0.05, 0) is 12.1 Å². The minimum Gasteiger partial charge on any atom is -0.478 e. The summed E-state index contributed by atoms with van der Waals surface area (Å²) in [5.41, 5.74) is -0.458. The number of esters is 1. The zero-order chi connectivity index (χ0) is 12.8. The molecule has 0 saturated heterocycles. The largest absolute Gasteiger partial charge is 0.478 e. The third-order valence-electron chi connectivity index (χ3n) is 1.76. The number of carbonyl (C=O) groups is 2. The summed E-state index contributed by atoms with van der Waals surface area (Å²) in [4.78, 5) is 21.2. The van der Waals surface area contributed by atoms with Gasteiger partial charge in [0.2, 0.25) is 6.79 Å². The third kappa shape index (κ3) is 3.60. The van der Waals surface area contributed by atoms with Crippen LogP contribution in [0.2, 0.25) is 0 Å². The highest BCUT2D eigenvalue weighted by Crippen LogP contribution is 2.16. The third-order valence-corrected chi connectivity index (χ3v) is 1.76. The lowest BCUT2D eigenvalue weighted by Gasteiger charge is -2.06. The van der Waals surface area contributed by atoms with Crippen LogP contribution in [0.15, 0.2) is 30.9 Å². The van der Waals surface area contributed by atoms with Crippen LogP contribution in [0, 0.1) is 5.82 Å². The fourth-order valence-corrected chi connectivity index (χ4v) is 0.974. The van der Waals surface area contributed by atoms with Crippen molar-refractivity contribution >= 4 is 11.9 Å². The van der Waals surface area contributed by atoms with E-state index in [4.69, 9.17) is 9.84 Å². The maximum atomic E-state index is 13.2. The molecule has 0 spiro atoms. The highest BCUT2D eigenvalue weighted by Gasteiger charge is 2.10. The van der Waals surface area contributed by atoms with E-state index in [1.807, 2.05) is 0 Å². The van der Waals surface area contributed by atoms with Gasteiger partial charge < -0.3 is 14.6 Å². The minimum atomic E-state index is -1.37. The van der Waals surface area contributed by atoms with Crippen molar-refractivity contribution in [2.24, 2.45) is 0 Å². The molecule has 1 N–H and O–H groups in total. The molecular formula is C11H9FO5. The van der Waals surface area contributed by atoms with Crippen molar-refractivity contribution < 1.29 is 28.6 Å². The number of carboxylic acid groups (broad SMARTS) is 1. The summed E-state index contributed by atoms with van der Waals surface area (Å²) >= 11 is 0. The zero-order valence-electron chi connectivity index (χ0n) is 8.68. The normalized spacial score (nSPS) is 9.47. The lowest BCUT2D eigenvalue weighted by Crippen LogP contribution is -2.08. The smallest absolute Gasteiger partial charge is 0.338 e. The van der Waals surface area contributed by atoms with E-state index in [0.717, 1.165) is 18.2 Å². The van der Waals surface area contributed by atoms with Gasteiger partial charge in [0.1, 0.15) is 11.6 Å². The molecule has 1 aromatic rings. The van der Waals surface area contributed by atoms with Crippen molar-refractivity contribution in [2.75, 3.05) is 6.79 Å². The van der Waals surface area contributed by atoms with Crippen LogP contribution in [0.4, 0.5) is 4.39 Å². The van der Waals surface area contributed by atoms with Crippen LogP contribution in [0.3, 0.4) is 0 Å². The number of hydrogen-bond donors (Lipinski definition) is 1. The number of rotatable bonds is 5. The van der Waals surface area contributed by atoms with E-state index in [2.05, 4.69) is 11.3 Å². The number of benzene rings is 1. The zero-order valence-corrected chi connectivity index (χ0v) is 8.68. The van der Waals surface area contributed by atoms with Gasteiger partial charge in [-0.25, -0.2) is 14.0 Å². The van der Waals surface area contributed by atoms with Gasteiger partial charge in [-0.15, -0.1) is 0 Å². The lowest BCUT2D eigenvalue weighted by molar-refractivity contribution is -0.144. The number of hydrogen-bond acceptors (Lipinski definition) is 4. The summed E-state index contributed by atoms with van der Waals surface area (Å²) in [6.07, 6.45) is 0.956. The number of halogens is 1. The van der Waals surface area contributed by atoms with Crippen molar-refractivity contribution in [3.05, 3.63) is 42.2 Å². The molecule has 5 nitrogen and oxygen atoms in total. The van der Waals surface area contributed by atoms with E-state index in [1.54, 1.807) is 0 Å². The second-order valence-electron chi connectivity index (χ2n) is 2.88. The van der Waals surface area contributed by atoms with E-state index in [1.165, 1.54) is 6.07 Å². The SMILES string of the molecule is C=CC(=O)OCOc1ccc(C(=O)O)c(F)c1. The number of aromatic carboxylic acids is 1. The molecule has 90 valence electrons. The molecule has 1 aromatic carbocycles. The molecule has 0 heterocycles. The lowest BCUT2D eigenvalue weighted by atomic mass is 10.2. The van der Waals surface area contributed by atoms with E-state index in [0.29, 0.717) is 0 Å². The first kappa shape index (κ1) is 12.7.